The summed E-state index contributed by atoms with van der Waals surface area (Å²) in [6.07, 6.45) is 2.67. The molecule has 0 bridgehead atoms. The zero-order valence-corrected chi connectivity index (χ0v) is 11.9. The van der Waals surface area contributed by atoms with Crippen molar-refractivity contribution >= 4 is 11.6 Å². The van der Waals surface area contributed by atoms with Crippen LogP contribution in [0.15, 0.2) is 24.3 Å². The zero-order chi connectivity index (χ0) is 13.1. The van der Waals surface area contributed by atoms with Gasteiger partial charge >= 0.3 is 0 Å². The summed E-state index contributed by atoms with van der Waals surface area (Å²) in [5.74, 6) is 0. The Balaban J connectivity index is 1.59. The normalized spacial score (nSPS) is 24.6. The lowest BCUT2D eigenvalue weighted by Crippen LogP contribution is -2.50. The Morgan fingerprint density at radius 3 is 3.05 bits per heavy atom. The van der Waals surface area contributed by atoms with Crippen molar-refractivity contribution in [3.8, 4) is 0 Å². The van der Waals surface area contributed by atoms with E-state index in [2.05, 4.69) is 22.3 Å². The van der Waals surface area contributed by atoms with Crippen LogP contribution >= 0.6 is 11.6 Å². The van der Waals surface area contributed by atoms with E-state index < -0.39 is 0 Å². The van der Waals surface area contributed by atoms with Gasteiger partial charge in [-0.1, -0.05) is 23.7 Å². The molecule has 19 heavy (non-hydrogen) atoms. The Bertz CT molecular complexity index is 422. The molecule has 1 unspecified atom stereocenters. The predicted molar refractivity (Wildman–Crippen MR) is 77.5 cm³/mol. The molecule has 3 rings (SSSR count). The summed E-state index contributed by atoms with van der Waals surface area (Å²) in [5, 5.41) is 4.42. The van der Waals surface area contributed by atoms with Crippen molar-refractivity contribution in [1.82, 2.24) is 10.2 Å². The lowest BCUT2D eigenvalue weighted by molar-refractivity contribution is -0.0110. The van der Waals surface area contributed by atoms with E-state index in [-0.39, 0.29) is 0 Å². The van der Waals surface area contributed by atoms with Crippen molar-refractivity contribution in [2.24, 2.45) is 0 Å². The van der Waals surface area contributed by atoms with E-state index >= 15 is 0 Å². The van der Waals surface area contributed by atoms with Gasteiger partial charge in [-0.05, 0) is 30.5 Å². The minimum Gasteiger partial charge on any atom is -0.378 e. The second-order valence-electron chi connectivity index (χ2n) is 5.51. The topological polar surface area (TPSA) is 24.5 Å². The molecule has 0 radical (unpaired) electrons. The fourth-order valence-electron chi connectivity index (χ4n) is 2.55. The molecular formula is C15H21ClN2O. The lowest BCUT2D eigenvalue weighted by Gasteiger charge is -2.35. The van der Waals surface area contributed by atoms with Crippen LogP contribution in [0.4, 0.5) is 0 Å². The second-order valence-corrected chi connectivity index (χ2v) is 5.95. The molecule has 1 aromatic rings. The number of hydrogen-bond acceptors (Lipinski definition) is 3. The Hall–Kier alpha value is -0.610. The van der Waals surface area contributed by atoms with Gasteiger partial charge in [0.1, 0.15) is 0 Å². The first-order valence-electron chi connectivity index (χ1n) is 7.11. The number of nitrogens with zero attached hydrogens (tertiary/aromatic N) is 1. The first kappa shape index (κ1) is 13.4. The molecule has 1 aliphatic carbocycles. The zero-order valence-electron chi connectivity index (χ0n) is 11.1. The van der Waals surface area contributed by atoms with Gasteiger partial charge in [0, 0.05) is 36.7 Å². The number of morpholine rings is 1. The third-order valence-electron chi connectivity index (χ3n) is 3.84. The summed E-state index contributed by atoms with van der Waals surface area (Å²) in [6.45, 7) is 4.66. The van der Waals surface area contributed by atoms with E-state index in [9.17, 15) is 0 Å². The molecular weight excluding hydrogens is 260 g/mol. The van der Waals surface area contributed by atoms with Crippen LogP contribution in [0.2, 0.25) is 5.02 Å². The Morgan fingerprint density at radius 1 is 1.37 bits per heavy atom. The van der Waals surface area contributed by atoms with Gasteiger partial charge in [-0.3, -0.25) is 4.90 Å². The molecule has 2 aliphatic rings. The largest absolute Gasteiger partial charge is 0.378 e. The van der Waals surface area contributed by atoms with Crippen molar-refractivity contribution in [2.75, 3.05) is 26.3 Å². The van der Waals surface area contributed by atoms with Gasteiger partial charge in [0.25, 0.3) is 0 Å². The van der Waals surface area contributed by atoms with Crippen molar-refractivity contribution in [3.05, 3.63) is 34.9 Å². The van der Waals surface area contributed by atoms with E-state index in [1.807, 2.05) is 12.1 Å². The van der Waals surface area contributed by atoms with Crippen LogP contribution in [0.1, 0.15) is 18.4 Å². The molecule has 1 saturated heterocycles. The van der Waals surface area contributed by atoms with E-state index in [4.69, 9.17) is 16.3 Å². The summed E-state index contributed by atoms with van der Waals surface area (Å²) in [7, 11) is 0. The predicted octanol–water partition coefficient (Wildman–Crippen LogP) is 2.29. The maximum Gasteiger partial charge on any atom is 0.0635 e. The van der Waals surface area contributed by atoms with Crippen molar-refractivity contribution < 1.29 is 4.74 Å². The fourth-order valence-corrected chi connectivity index (χ4v) is 2.76. The van der Waals surface area contributed by atoms with E-state index in [1.165, 1.54) is 18.4 Å². The van der Waals surface area contributed by atoms with Crippen molar-refractivity contribution in [2.45, 2.75) is 31.5 Å². The lowest BCUT2D eigenvalue weighted by atomic mass is 10.1. The molecule has 1 aromatic carbocycles. The monoisotopic (exact) mass is 280 g/mol. The SMILES string of the molecule is Clc1cccc(CN2CCOCC2CNC2CC2)c1. The molecule has 4 heteroatoms. The standard InChI is InChI=1S/C15H21ClN2O/c16-13-3-1-2-12(8-13)10-18-6-7-19-11-15(18)9-17-14-4-5-14/h1-3,8,14-15,17H,4-7,9-11H2. The Labute approximate surface area is 119 Å². The summed E-state index contributed by atoms with van der Waals surface area (Å²) in [4.78, 5) is 2.50. The van der Waals surface area contributed by atoms with Gasteiger partial charge in [0.15, 0.2) is 0 Å². The van der Waals surface area contributed by atoms with Gasteiger partial charge in [0.05, 0.1) is 13.2 Å². The number of ether oxygens (including phenoxy) is 1. The minimum absolute atomic E-state index is 0.480. The highest BCUT2D eigenvalue weighted by molar-refractivity contribution is 6.30. The van der Waals surface area contributed by atoms with Crippen molar-refractivity contribution in [3.63, 3.8) is 0 Å². The van der Waals surface area contributed by atoms with Gasteiger partial charge < -0.3 is 10.1 Å². The molecule has 0 amide bonds. The average Bonchev–Trinajstić information content (AvgIpc) is 3.22. The highest BCUT2D eigenvalue weighted by Gasteiger charge is 2.26. The number of rotatable bonds is 5. The number of nitrogens with one attached hydrogen (secondary N) is 1. The fraction of sp³-hybridized carbons (Fsp3) is 0.600. The summed E-state index contributed by atoms with van der Waals surface area (Å²) in [5.41, 5.74) is 1.28. The molecule has 0 spiro atoms. The summed E-state index contributed by atoms with van der Waals surface area (Å²) < 4.78 is 5.62. The summed E-state index contributed by atoms with van der Waals surface area (Å²) in [6, 6.07) is 9.39. The van der Waals surface area contributed by atoms with Crippen LogP contribution in [0.3, 0.4) is 0 Å². The number of hydrogen-bond donors (Lipinski definition) is 1. The second kappa shape index (κ2) is 6.23. The molecule has 1 N–H and O–H groups in total. The molecule has 3 nitrogen and oxygen atoms in total. The first-order chi connectivity index (χ1) is 9.31. The van der Waals surface area contributed by atoms with E-state index in [1.54, 1.807) is 0 Å². The van der Waals surface area contributed by atoms with Gasteiger partial charge in [0.2, 0.25) is 0 Å². The molecule has 2 fully saturated rings. The van der Waals surface area contributed by atoms with Crippen molar-refractivity contribution in [1.29, 1.82) is 0 Å². The summed E-state index contributed by atoms with van der Waals surface area (Å²) >= 11 is 6.05. The van der Waals surface area contributed by atoms with Crippen LogP contribution in [-0.4, -0.2) is 43.3 Å². The van der Waals surface area contributed by atoms with Crippen LogP contribution in [0.5, 0.6) is 0 Å². The van der Waals surface area contributed by atoms with E-state index in [0.29, 0.717) is 6.04 Å². The average molecular weight is 281 g/mol. The van der Waals surface area contributed by atoms with Gasteiger partial charge in [-0.25, -0.2) is 0 Å². The molecule has 0 aromatic heterocycles. The third kappa shape index (κ3) is 3.93. The van der Waals surface area contributed by atoms with Gasteiger partial charge in [-0.2, -0.15) is 0 Å². The molecule has 1 aliphatic heterocycles. The number of benzene rings is 1. The minimum atomic E-state index is 0.480. The highest BCUT2D eigenvalue weighted by Crippen LogP contribution is 2.20. The first-order valence-corrected chi connectivity index (χ1v) is 7.49. The maximum atomic E-state index is 6.05. The van der Waals surface area contributed by atoms with Crippen LogP contribution < -0.4 is 5.32 Å². The van der Waals surface area contributed by atoms with Gasteiger partial charge in [-0.15, -0.1) is 0 Å². The van der Waals surface area contributed by atoms with E-state index in [0.717, 1.165) is 43.9 Å². The molecule has 104 valence electrons. The maximum absolute atomic E-state index is 6.05. The van der Waals surface area contributed by atoms with Crippen LogP contribution in [-0.2, 0) is 11.3 Å². The van der Waals surface area contributed by atoms with Crippen LogP contribution in [0.25, 0.3) is 0 Å². The van der Waals surface area contributed by atoms with Crippen LogP contribution in [0, 0.1) is 0 Å². The Morgan fingerprint density at radius 2 is 2.26 bits per heavy atom. The highest BCUT2D eigenvalue weighted by atomic mass is 35.5. The molecule has 1 saturated carbocycles. The number of halogens is 1. The quantitative estimate of drug-likeness (QED) is 0.896. The Kier molecular flexibility index (Phi) is 4.38. The molecule has 1 atom stereocenters. The third-order valence-corrected chi connectivity index (χ3v) is 4.08. The smallest absolute Gasteiger partial charge is 0.0635 e. The molecule has 1 heterocycles.